The first-order chi connectivity index (χ1) is 10.5. The molecule has 0 saturated heterocycles. The van der Waals surface area contributed by atoms with Gasteiger partial charge >= 0.3 is 0 Å². The van der Waals surface area contributed by atoms with Crippen LogP contribution in [0.1, 0.15) is 40.2 Å². The van der Waals surface area contributed by atoms with Gasteiger partial charge in [-0.05, 0) is 18.0 Å². The van der Waals surface area contributed by atoms with Gasteiger partial charge in [-0.2, -0.15) is 0 Å². The third-order valence-electron chi connectivity index (χ3n) is 4.23. The van der Waals surface area contributed by atoms with Crippen LogP contribution in [0.25, 0.3) is 0 Å². The predicted octanol–water partition coefficient (Wildman–Crippen LogP) is 1.57. The maximum atomic E-state index is 12.8. The van der Waals surface area contributed by atoms with Crippen LogP contribution in [0.2, 0.25) is 0 Å². The molecule has 2 amide bonds. The fourth-order valence-electron chi connectivity index (χ4n) is 2.79. The van der Waals surface area contributed by atoms with Crippen LogP contribution in [0.4, 0.5) is 0 Å². The van der Waals surface area contributed by atoms with E-state index >= 15 is 0 Å². The number of hydrogen-bond acceptors (Lipinski definition) is 3. The second kappa shape index (κ2) is 7.13. The molecule has 0 aromatic heterocycles. The molecule has 5 heteroatoms. The van der Waals surface area contributed by atoms with Crippen molar-refractivity contribution in [3.8, 4) is 0 Å². The van der Waals surface area contributed by atoms with Crippen LogP contribution in [-0.2, 0) is 15.0 Å². The van der Waals surface area contributed by atoms with E-state index in [1.165, 1.54) is 0 Å². The summed E-state index contributed by atoms with van der Waals surface area (Å²) in [5, 5.41) is 5.88. The molecule has 0 aliphatic heterocycles. The molecule has 5 nitrogen and oxygen atoms in total. The zero-order valence-corrected chi connectivity index (χ0v) is 14.9. The Labute approximate surface area is 139 Å². The van der Waals surface area contributed by atoms with Gasteiger partial charge in [0.05, 0.1) is 6.04 Å². The molecule has 0 bridgehead atoms. The summed E-state index contributed by atoms with van der Waals surface area (Å²) < 4.78 is 0. The van der Waals surface area contributed by atoms with Crippen LogP contribution in [0, 0.1) is 5.41 Å². The Kier molecular flexibility index (Phi) is 5.94. The van der Waals surface area contributed by atoms with Gasteiger partial charge < -0.3 is 16.4 Å². The number of hydrogen-bond donors (Lipinski definition) is 3. The molecule has 1 aromatic carbocycles. The minimum Gasteiger partial charge on any atom is -0.368 e. The molecule has 23 heavy (non-hydrogen) atoms. The zero-order valence-electron chi connectivity index (χ0n) is 14.9. The molecule has 0 fully saturated rings. The van der Waals surface area contributed by atoms with Crippen molar-refractivity contribution in [3.63, 3.8) is 0 Å². The summed E-state index contributed by atoms with van der Waals surface area (Å²) in [7, 11) is 1.74. The van der Waals surface area contributed by atoms with Gasteiger partial charge in [-0.3, -0.25) is 9.59 Å². The topological polar surface area (TPSA) is 84.2 Å². The van der Waals surface area contributed by atoms with E-state index in [9.17, 15) is 9.59 Å². The lowest BCUT2D eigenvalue weighted by Gasteiger charge is -2.36. The molecular weight excluding hydrogens is 290 g/mol. The average Bonchev–Trinajstić information content (AvgIpc) is 2.44. The number of nitrogens with one attached hydrogen (secondary N) is 2. The predicted molar refractivity (Wildman–Crippen MR) is 92.9 cm³/mol. The fraction of sp³-hybridized carbons (Fsp3) is 0.556. The van der Waals surface area contributed by atoms with Crippen molar-refractivity contribution in [2.45, 2.75) is 52.1 Å². The van der Waals surface area contributed by atoms with Crippen molar-refractivity contribution in [1.82, 2.24) is 10.6 Å². The molecule has 0 saturated carbocycles. The van der Waals surface area contributed by atoms with Crippen LogP contribution in [0.3, 0.4) is 0 Å². The van der Waals surface area contributed by atoms with E-state index in [1.54, 1.807) is 7.05 Å². The van der Waals surface area contributed by atoms with Gasteiger partial charge in [0.25, 0.3) is 0 Å². The number of carbonyl (C=O) groups excluding carboxylic acids is 2. The lowest BCUT2D eigenvalue weighted by Crippen LogP contribution is -2.60. The summed E-state index contributed by atoms with van der Waals surface area (Å²) in [6.45, 7) is 9.62. The van der Waals surface area contributed by atoms with Crippen molar-refractivity contribution < 1.29 is 9.59 Å². The standard InChI is InChI=1S/C18H29N3O2/c1-17(2,3)13(15(19)22)21-16(23)14(20-6)18(4,5)12-10-8-7-9-11-12/h7-11,13-14,20H,1-6H3,(H2,19,22)(H,21,23)/t13?,14-/m1/s1. The Morgan fingerprint density at radius 3 is 1.91 bits per heavy atom. The van der Waals surface area contributed by atoms with Crippen LogP contribution in [0.15, 0.2) is 30.3 Å². The van der Waals surface area contributed by atoms with Crippen LogP contribution in [-0.4, -0.2) is 30.9 Å². The van der Waals surface area contributed by atoms with Gasteiger partial charge in [-0.1, -0.05) is 65.0 Å². The van der Waals surface area contributed by atoms with Gasteiger partial charge in [0.1, 0.15) is 6.04 Å². The minimum absolute atomic E-state index is 0.236. The number of likely N-dealkylation sites (N-methyl/N-ethyl adjacent to an activating group) is 1. The minimum atomic E-state index is -0.725. The van der Waals surface area contributed by atoms with Crippen molar-refractivity contribution in [3.05, 3.63) is 35.9 Å². The second-order valence-electron chi connectivity index (χ2n) is 7.52. The molecule has 0 aliphatic carbocycles. The molecule has 2 atom stereocenters. The Bertz CT molecular complexity index is 547. The molecule has 1 unspecified atom stereocenters. The molecule has 128 valence electrons. The monoisotopic (exact) mass is 319 g/mol. The number of benzene rings is 1. The highest BCUT2D eigenvalue weighted by molar-refractivity contribution is 5.90. The zero-order chi connectivity index (χ0) is 17.8. The number of nitrogens with two attached hydrogens (primary N) is 1. The van der Waals surface area contributed by atoms with Crippen molar-refractivity contribution >= 4 is 11.8 Å². The van der Waals surface area contributed by atoms with E-state index in [4.69, 9.17) is 5.73 Å². The highest BCUT2D eigenvalue weighted by Crippen LogP contribution is 2.28. The van der Waals surface area contributed by atoms with E-state index in [0.717, 1.165) is 5.56 Å². The van der Waals surface area contributed by atoms with E-state index in [2.05, 4.69) is 10.6 Å². The van der Waals surface area contributed by atoms with Gasteiger partial charge in [-0.15, -0.1) is 0 Å². The summed E-state index contributed by atoms with van der Waals surface area (Å²) >= 11 is 0. The Morgan fingerprint density at radius 1 is 1.00 bits per heavy atom. The van der Waals surface area contributed by atoms with Crippen LogP contribution < -0.4 is 16.4 Å². The third-order valence-corrected chi connectivity index (χ3v) is 4.23. The number of primary amides is 1. The van der Waals surface area contributed by atoms with Crippen molar-refractivity contribution in [2.75, 3.05) is 7.05 Å². The first-order valence-electron chi connectivity index (χ1n) is 7.84. The molecule has 1 aromatic rings. The number of rotatable bonds is 6. The maximum absolute atomic E-state index is 12.8. The van der Waals surface area contributed by atoms with Gasteiger partial charge in [0.15, 0.2) is 0 Å². The van der Waals surface area contributed by atoms with Crippen LogP contribution in [0.5, 0.6) is 0 Å². The fourth-order valence-corrected chi connectivity index (χ4v) is 2.79. The Balaban J connectivity index is 3.05. The smallest absolute Gasteiger partial charge is 0.240 e. The quantitative estimate of drug-likeness (QED) is 0.744. The van der Waals surface area contributed by atoms with Crippen LogP contribution >= 0.6 is 0 Å². The normalized spacial score (nSPS) is 14.9. The molecule has 0 aliphatic rings. The highest BCUT2D eigenvalue weighted by atomic mass is 16.2. The van der Waals surface area contributed by atoms with Crippen molar-refractivity contribution in [1.29, 1.82) is 0 Å². The largest absolute Gasteiger partial charge is 0.368 e. The summed E-state index contributed by atoms with van der Waals surface area (Å²) in [6, 6.07) is 8.61. The SMILES string of the molecule is CN[C@H](C(=O)NC(C(N)=O)C(C)(C)C)C(C)(C)c1ccccc1. The summed E-state index contributed by atoms with van der Waals surface area (Å²) in [4.78, 5) is 24.5. The Hall–Kier alpha value is -1.88. The highest BCUT2D eigenvalue weighted by Gasteiger charge is 2.39. The molecule has 1 rings (SSSR count). The van der Waals surface area contributed by atoms with E-state index in [1.807, 2.05) is 65.0 Å². The van der Waals surface area contributed by atoms with Gasteiger partial charge in [0.2, 0.25) is 11.8 Å². The lowest BCUT2D eigenvalue weighted by atomic mass is 9.77. The maximum Gasteiger partial charge on any atom is 0.240 e. The average molecular weight is 319 g/mol. The Morgan fingerprint density at radius 2 is 1.52 bits per heavy atom. The summed E-state index contributed by atoms with van der Waals surface area (Å²) in [5.41, 5.74) is 5.61. The first kappa shape index (κ1) is 19.2. The number of amides is 2. The molecule has 4 N–H and O–H groups in total. The van der Waals surface area contributed by atoms with E-state index in [0.29, 0.717) is 0 Å². The van der Waals surface area contributed by atoms with Gasteiger partial charge in [0, 0.05) is 5.41 Å². The summed E-state index contributed by atoms with van der Waals surface area (Å²) in [6.07, 6.45) is 0. The molecule has 0 heterocycles. The molecule has 0 spiro atoms. The first-order valence-corrected chi connectivity index (χ1v) is 7.84. The molecular formula is C18H29N3O2. The van der Waals surface area contributed by atoms with Gasteiger partial charge in [-0.25, -0.2) is 0 Å². The van der Waals surface area contributed by atoms with E-state index < -0.39 is 28.8 Å². The molecule has 0 radical (unpaired) electrons. The number of carbonyl (C=O) groups is 2. The lowest BCUT2D eigenvalue weighted by molar-refractivity contribution is -0.131. The second-order valence-corrected chi connectivity index (χ2v) is 7.52. The van der Waals surface area contributed by atoms with E-state index in [-0.39, 0.29) is 5.91 Å². The third kappa shape index (κ3) is 4.55. The van der Waals surface area contributed by atoms with Crippen molar-refractivity contribution in [2.24, 2.45) is 11.1 Å². The summed E-state index contributed by atoms with van der Waals surface area (Å²) in [5.74, 6) is -0.765.